The summed E-state index contributed by atoms with van der Waals surface area (Å²) in [5, 5.41) is 11.7. The van der Waals surface area contributed by atoms with Crippen molar-refractivity contribution in [3.8, 4) is 0 Å². The third-order valence-corrected chi connectivity index (χ3v) is 2.84. The van der Waals surface area contributed by atoms with E-state index >= 15 is 0 Å². The van der Waals surface area contributed by atoms with Crippen LogP contribution in [0.1, 0.15) is 25.6 Å². The van der Waals surface area contributed by atoms with Gasteiger partial charge in [-0.15, -0.1) is 0 Å². The van der Waals surface area contributed by atoms with Crippen LogP contribution in [-0.4, -0.2) is 27.7 Å². The Labute approximate surface area is 105 Å². The molecule has 18 heavy (non-hydrogen) atoms. The van der Waals surface area contributed by atoms with Crippen LogP contribution in [0.2, 0.25) is 0 Å². The third-order valence-electron chi connectivity index (χ3n) is 2.84. The number of aromatic nitrogens is 2. The number of nitrogens with one attached hydrogen (secondary N) is 1. The smallest absolute Gasteiger partial charge is 0.211 e. The third kappa shape index (κ3) is 2.22. The summed E-state index contributed by atoms with van der Waals surface area (Å²) in [7, 11) is 0. The molecular formula is C13H17N3O2. The summed E-state index contributed by atoms with van der Waals surface area (Å²) >= 11 is 0. The van der Waals surface area contributed by atoms with Crippen LogP contribution in [0.3, 0.4) is 0 Å². The number of anilines is 1. The molecule has 2 rings (SSSR count). The Hall–Kier alpha value is -1.88. The van der Waals surface area contributed by atoms with Gasteiger partial charge in [0.2, 0.25) is 6.41 Å². The molecule has 0 bridgehead atoms. The van der Waals surface area contributed by atoms with Crippen LogP contribution in [0, 0.1) is 0 Å². The number of benzene rings is 1. The lowest BCUT2D eigenvalue weighted by molar-refractivity contribution is -0.105. The molecule has 1 heterocycles. The standard InChI is InChI=1S/C13H17N3O2/c1-9(2)13-15-11-7-10(14-8-18)3-4-12(11)16(13)5-6-17/h3-4,7-9,17H,5-6H2,1-2H3,(H,14,18). The van der Waals surface area contributed by atoms with E-state index in [0.29, 0.717) is 13.0 Å². The van der Waals surface area contributed by atoms with Crippen LogP contribution in [0.4, 0.5) is 5.69 Å². The van der Waals surface area contributed by atoms with Crippen molar-refractivity contribution in [2.24, 2.45) is 0 Å². The number of hydrogen-bond donors (Lipinski definition) is 2. The molecule has 0 aliphatic rings. The second-order valence-corrected chi connectivity index (χ2v) is 4.47. The van der Waals surface area contributed by atoms with E-state index in [1.807, 2.05) is 22.8 Å². The summed E-state index contributed by atoms with van der Waals surface area (Å²) in [6.45, 7) is 4.75. The highest BCUT2D eigenvalue weighted by molar-refractivity contribution is 5.83. The normalized spacial score (nSPS) is 11.1. The Kier molecular flexibility index (Phi) is 3.62. The molecule has 0 aliphatic carbocycles. The van der Waals surface area contributed by atoms with Crippen molar-refractivity contribution in [1.82, 2.24) is 9.55 Å². The van der Waals surface area contributed by atoms with Gasteiger partial charge in [-0.1, -0.05) is 13.8 Å². The van der Waals surface area contributed by atoms with E-state index in [9.17, 15) is 4.79 Å². The minimum absolute atomic E-state index is 0.0829. The van der Waals surface area contributed by atoms with E-state index in [2.05, 4.69) is 24.1 Å². The molecule has 96 valence electrons. The molecule has 2 N–H and O–H groups in total. The van der Waals surface area contributed by atoms with E-state index in [1.54, 1.807) is 0 Å². The number of rotatable bonds is 5. The number of nitrogens with zero attached hydrogens (tertiary/aromatic N) is 2. The topological polar surface area (TPSA) is 67.2 Å². The van der Waals surface area contributed by atoms with Gasteiger partial charge in [-0.25, -0.2) is 4.98 Å². The zero-order valence-corrected chi connectivity index (χ0v) is 10.6. The highest BCUT2D eigenvalue weighted by atomic mass is 16.3. The average molecular weight is 247 g/mol. The van der Waals surface area contributed by atoms with Crippen LogP contribution < -0.4 is 5.32 Å². The highest BCUT2D eigenvalue weighted by Crippen LogP contribution is 2.24. The number of fused-ring (bicyclic) bond motifs is 1. The Morgan fingerprint density at radius 3 is 2.89 bits per heavy atom. The zero-order valence-electron chi connectivity index (χ0n) is 10.6. The van der Waals surface area contributed by atoms with E-state index < -0.39 is 0 Å². The molecule has 5 nitrogen and oxygen atoms in total. The predicted molar refractivity (Wildman–Crippen MR) is 70.6 cm³/mol. The monoisotopic (exact) mass is 247 g/mol. The molecule has 1 aromatic heterocycles. The fraction of sp³-hybridized carbons (Fsp3) is 0.385. The number of aliphatic hydroxyl groups excluding tert-OH is 1. The first-order valence-electron chi connectivity index (χ1n) is 5.98. The lowest BCUT2D eigenvalue weighted by atomic mass is 10.2. The number of carbonyl (C=O) groups is 1. The first-order valence-corrected chi connectivity index (χ1v) is 5.98. The second kappa shape index (κ2) is 5.18. The van der Waals surface area contributed by atoms with Crippen LogP contribution >= 0.6 is 0 Å². The average Bonchev–Trinajstić information content (AvgIpc) is 2.69. The number of carbonyl (C=O) groups excluding carboxylic acids is 1. The van der Waals surface area contributed by atoms with Crippen molar-refractivity contribution < 1.29 is 9.90 Å². The summed E-state index contributed by atoms with van der Waals surface area (Å²) in [6.07, 6.45) is 0.648. The van der Waals surface area contributed by atoms with Gasteiger partial charge < -0.3 is 15.0 Å². The minimum Gasteiger partial charge on any atom is -0.395 e. The molecule has 0 aliphatic heterocycles. The summed E-state index contributed by atoms with van der Waals surface area (Å²) in [4.78, 5) is 15.0. The number of hydrogen-bond acceptors (Lipinski definition) is 3. The van der Waals surface area contributed by atoms with Gasteiger partial charge in [-0.05, 0) is 18.2 Å². The Bertz CT molecular complexity index is 561. The minimum atomic E-state index is 0.0829. The highest BCUT2D eigenvalue weighted by Gasteiger charge is 2.13. The Morgan fingerprint density at radius 2 is 2.28 bits per heavy atom. The van der Waals surface area contributed by atoms with Gasteiger partial charge >= 0.3 is 0 Å². The molecule has 1 aromatic carbocycles. The van der Waals surface area contributed by atoms with Gasteiger partial charge in [-0.2, -0.15) is 0 Å². The van der Waals surface area contributed by atoms with Crippen molar-refractivity contribution in [1.29, 1.82) is 0 Å². The SMILES string of the molecule is CC(C)c1nc2cc(NC=O)ccc2n1CCO. The van der Waals surface area contributed by atoms with Gasteiger partial charge in [0, 0.05) is 18.2 Å². The van der Waals surface area contributed by atoms with Gasteiger partial charge in [0.15, 0.2) is 0 Å². The first-order chi connectivity index (χ1) is 8.67. The Balaban J connectivity index is 2.56. The van der Waals surface area contributed by atoms with Gasteiger partial charge in [-0.3, -0.25) is 4.79 Å². The lowest BCUT2D eigenvalue weighted by Crippen LogP contribution is -2.08. The molecule has 1 amide bonds. The number of aliphatic hydroxyl groups is 1. The van der Waals surface area contributed by atoms with Crippen molar-refractivity contribution in [2.75, 3.05) is 11.9 Å². The fourth-order valence-electron chi connectivity index (χ4n) is 2.08. The largest absolute Gasteiger partial charge is 0.395 e. The molecular weight excluding hydrogens is 230 g/mol. The maximum absolute atomic E-state index is 10.4. The van der Waals surface area contributed by atoms with Crippen LogP contribution in [0.15, 0.2) is 18.2 Å². The molecule has 0 saturated heterocycles. The molecule has 0 spiro atoms. The van der Waals surface area contributed by atoms with Crippen LogP contribution in [0.25, 0.3) is 11.0 Å². The summed E-state index contributed by atoms with van der Waals surface area (Å²) in [5.41, 5.74) is 2.53. The summed E-state index contributed by atoms with van der Waals surface area (Å²) in [6, 6.07) is 5.58. The van der Waals surface area contributed by atoms with Crippen molar-refractivity contribution in [3.63, 3.8) is 0 Å². The molecule has 5 heteroatoms. The van der Waals surface area contributed by atoms with Gasteiger partial charge in [0.05, 0.1) is 17.6 Å². The summed E-state index contributed by atoms with van der Waals surface area (Å²) < 4.78 is 2.02. The summed E-state index contributed by atoms with van der Waals surface area (Å²) in [5.74, 6) is 1.23. The zero-order chi connectivity index (χ0) is 13.1. The number of imidazole rings is 1. The van der Waals surface area contributed by atoms with Gasteiger partial charge in [0.1, 0.15) is 5.82 Å². The van der Waals surface area contributed by atoms with Crippen LogP contribution in [0.5, 0.6) is 0 Å². The quantitative estimate of drug-likeness (QED) is 0.790. The van der Waals surface area contributed by atoms with Crippen LogP contribution in [-0.2, 0) is 11.3 Å². The molecule has 0 radical (unpaired) electrons. The van der Waals surface area contributed by atoms with E-state index in [0.717, 1.165) is 22.5 Å². The molecule has 2 aromatic rings. The fourth-order valence-corrected chi connectivity index (χ4v) is 2.08. The second-order valence-electron chi connectivity index (χ2n) is 4.47. The lowest BCUT2D eigenvalue weighted by Gasteiger charge is -2.09. The predicted octanol–water partition coefficient (Wildman–Crippen LogP) is 1.72. The molecule has 0 fully saturated rings. The molecule has 0 unspecified atom stereocenters. The van der Waals surface area contributed by atoms with Crippen molar-refractivity contribution >= 4 is 23.1 Å². The number of amides is 1. The van der Waals surface area contributed by atoms with Crippen molar-refractivity contribution in [2.45, 2.75) is 26.3 Å². The van der Waals surface area contributed by atoms with E-state index in [1.165, 1.54) is 0 Å². The van der Waals surface area contributed by atoms with E-state index in [4.69, 9.17) is 5.11 Å². The molecule has 0 atom stereocenters. The van der Waals surface area contributed by atoms with E-state index in [-0.39, 0.29) is 12.5 Å². The Morgan fingerprint density at radius 1 is 1.50 bits per heavy atom. The maximum Gasteiger partial charge on any atom is 0.211 e. The first kappa shape index (κ1) is 12.6. The van der Waals surface area contributed by atoms with Crippen molar-refractivity contribution in [3.05, 3.63) is 24.0 Å². The van der Waals surface area contributed by atoms with Gasteiger partial charge in [0.25, 0.3) is 0 Å². The maximum atomic E-state index is 10.4. The molecule has 0 saturated carbocycles.